The summed E-state index contributed by atoms with van der Waals surface area (Å²) < 4.78 is 28.1. The van der Waals surface area contributed by atoms with Crippen LogP contribution < -0.4 is 14.9 Å². The van der Waals surface area contributed by atoms with Crippen molar-refractivity contribution in [3.63, 3.8) is 0 Å². The van der Waals surface area contributed by atoms with Crippen molar-refractivity contribution >= 4 is 27.3 Å². The van der Waals surface area contributed by atoms with Crippen molar-refractivity contribution in [1.29, 1.82) is 0 Å². The Morgan fingerprint density at radius 2 is 1.58 bits per heavy atom. The first kappa shape index (κ1) is 22.9. The van der Waals surface area contributed by atoms with Gasteiger partial charge in [0.25, 0.3) is 15.9 Å². The lowest BCUT2D eigenvalue weighted by molar-refractivity contribution is 0.0950. The Labute approximate surface area is 195 Å². The quantitative estimate of drug-likeness (QED) is 0.535. The van der Waals surface area contributed by atoms with E-state index in [1.165, 1.54) is 18.5 Å². The van der Waals surface area contributed by atoms with Crippen LogP contribution in [0.15, 0.2) is 71.6 Å². The van der Waals surface area contributed by atoms with E-state index < -0.39 is 10.0 Å². The van der Waals surface area contributed by atoms with Crippen LogP contribution in [0, 0.1) is 13.8 Å². The number of hydrogen-bond acceptors (Lipinski definition) is 4. The highest BCUT2D eigenvalue weighted by Gasteiger charge is 2.18. The van der Waals surface area contributed by atoms with Crippen LogP contribution in [0.25, 0.3) is 0 Å². The number of hydrogen-bond donors (Lipinski definition) is 2. The molecule has 2 N–H and O–H groups in total. The van der Waals surface area contributed by atoms with Crippen molar-refractivity contribution in [2.45, 2.75) is 38.1 Å². The normalized spacial score (nSPS) is 13.7. The molecule has 172 valence electrons. The summed E-state index contributed by atoms with van der Waals surface area (Å²) >= 11 is 0. The number of nitrogens with zero attached hydrogens (tertiary/aromatic N) is 1. The van der Waals surface area contributed by atoms with Crippen molar-refractivity contribution < 1.29 is 13.2 Å². The summed E-state index contributed by atoms with van der Waals surface area (Å²) in [6, 6.07) is 19.9. The van der Waals surface area contributed by atoms with Crippen LogP contribution in [-0.2, 0) is 16.6 Å². The molecule has 4 rings (SSSR count). The third-order valence-electron chi connectivity index (χ3n) is 6.01. The Morgan fingerprint density at radius 1 is 0.909 bits per heavy atom. The molecule has 0 aromatic heterocycles. The predicted molar refractivity (Wildman–Crippen MR) is 132 cm³/mol. The van der Waals surface area contributed by atoms with Crippen LogP contribution in [0.3, 0.4) is 0 Å². The second-order valence-corrected chi connectivity index (χ2v) is 10.1. The van der Waals surface area contributed by atoms with Gasteiger partial charge >= 0.3 is 0 Å². The maximum Gasteiger partial charge on any atom is 0.261 e. The molecule has 1 amide bonds. The number of amides is 1. The third kappa shape index (κ3) is 5.37. The standard InChI is InChI=1S/C26H29N3O3S/c1-19-8-14-23(15-9-19)33(31,32)28-25-7-5-6-24(20(25)2)26(30)27-18-21-10-12-22(13-11-21)29-16-3-4-17-29/h5-15,28H,3-4,16-18H2,1-2H3,(H,27,30). The monoisotopic (exact) mass is 463 g/mol. The number of aryl methyl sites for hydroxylation is 1. The highest BCUT2D eigenvalue weighted by Crippen LogP contribution is 2.23. The topological polar surface area (TPSA) is 78.5 Å². The molecule has 1 heterocycles. The van der Waals surface area contributed by atoms with Gasteiger partial charge in [-0.3, -0.25) is 9.52 Å². The Kier molecular flexibility index (Phi) is 6.70. The Bertz CT molecular complexity index is 1230. The molecule has 1 saturated heterocycles. The van der Waals surface area contributed by atoms with E-state index in [4.69, 9.17) is 0 Å². The minimum absolute atomic E-state index is 0.180. The molecule has 0 radical (unpaired) electrons. The number of anilines is 2. The lowest BCUT2D eigenvalue weighted by atomic mass is 10.1. The van der Waals surface area contributed by atoms with Crippen LogP contribution in [-0.4, -0.2) is 27.4 Å². The molecule has 0 aliphatic carbocycles. The molecule has 0 bridgehead atoms. The van der Waals surface area contributed by atoms with E-state index in [1.807, 2.05) is 19.1 Å². The summed E-state index contributed by atoms with van der Waals surface area (Å²) in [5.74, 6) is -0.243. The van der Waals surface area contributed by atoms with Crippen molar-refractivity contribution in [3.8, 4) is 0 Å². The molecular weight excluding hydrogens is 434 g/mol. The van der Waals surface area contributed by atoms with Crippen molar-refractivity contribution in [2.24, 2.45) is 0 Å². The van der Waals surface area contributed by atoms with Gasteiger partial charge in [0.1, 0.15) is 0 Å². The number of carbonyl (C=O) groups is 1. The minimum atomic E-state index is -3.75. The van der Waals surface area contributed by atoms with Crippen molar-refractivity contribution in [2.75, 3.05) is 22.7 Å². The number of benzene rings is 3. The average molecular weight is 464 g/mol. The Balaban J connectivity index is 1.43. The molecule has 3 aromatic carbocycles. The van der Waals surface area contributed by atoms with Crippen LogP contribution in [0.5, 0.6) is 0 Å². The Hall–Kier alpha value is -3.32. The largest absolute Gasteiger partial charge is 0.372 e. The summed E-state index contributed by atoms with van der Waals surface area (Å²) in [5, 5.41) is 2.94. The number of rotatable bonds is 7. The van der Waals surface area contributed by atoms with Gasteiger partial charge in [-0.25, -0.2) is 8.42 Å². The van der Waals surface area contributed by atoms with E-state index in [-0.39, 0.29) is 10.8 Å². The number of nitrogens with one attached hydrogen (secondary N) is 2. The van der Waals surface area contributed by atoms with Gasteiger partial charge in [0.15, 0.2) is 0 Å². The molecule has 0 saturated carbocycles. The van der Waals surface area contributed by atoms with Crippen LogP contribution in [0.4, 0.5) is 11.4 Å². The van der Waals surface area contributed by atoms with E-state index in [1.54, 1.807) is 49.4 Å². The van der Waals surface area contributed by atoms with Gasteiger partial charge in [0.2, 0.25) is 0 Å². The zero-order valence-corrected chi connectivity index (χ0v) is 19.8. The van der Waals surface area contributed by atoms with Gasteiger partial charge in [0, 0.05) is 30.9 Å². The fraction of sp³-hybridized carbons (Fsp3) is 0.269. The lowest BCUT2D eigenvalue weighted by Gasteiger charge is -2.18. The van der Waals surface area contributed by atoms with Gasteiger partial charge in [-0.2, -0.15) is 0 Å². The highest BCUT2D eigenvalue weighted by molar-refractivity contribution is 7.92. The first-order valence-electron chi connectivity index (χ1n) is 11.1. The molecule has 1 aliphatic heterocycles. The van der Waals surface area contributed by atoms with Crippen molar-refractivity contribution in [3.05, 3.63) is 89.0 Å². The average Bonchev–Trinajstić information content (AvgIpc) is 3.34. The molecular formula is C26H29N3O3S. The van der Waals surface area contributed by atoms with Crippen LogP contribution >= 0.6 is 0 Å². The fourth-order valence-corrected chi connectivity index (χ4v) is 5.11. The van der Waals surface area contributed by atoms with E-state index in [9.17, 15) is 13.2 Å². The molecule has 3 aromatic rings. The molecule has 7 heteroatoms. The molecule has 33 heavy (non-hydrogen) atoms. The Morgan fingerprint density at radius 3 is 2.24 bits per heavy atom. The van der Waals surface area contributed by atoms with E-state index in [0.29, 0.717) is 23.4 Å². The van der Waals surface area contributed by atoms with Gasteiger partial charge in [-0.1, -0.05) is 35.9 Å². The lowest BCUT2D eigenvalue weighted by Crippen LogP contribution is -2.24. The summed E-state index contributed by atoms with van der Waals surface area (Å²) in [4.78, 5) is 15.4. The number of sulfonamides is 1. The van der Waals surface area contributed by atoms with E-state index in [0.717, 1.165) is 24.2 Å². The summed E-state index contributed by atoms with van der Waals surface area (Å²) in [5.41, 5.74) is 4.61. The van der Waals surface area contributed by atoms with Gasteiger partial charge in [-0.05, 0) is 74.2 Å². The first-order chi connectivity index (χ1) is 15.8. The highest BCUT2D eigenvalue weighted by atomic mass is 32.2. The third-order valence-corrected chi connectivity index (χ3v) is 7.40. The van der Waals surface area contributed by atoms with Gasteiger partial charge < -0.3 is 10.2 Å². The fourth-order valence-electron chi connectivity index (χ4n) is 3.99. The van der Waals surface area contributed by atoms with Crippen LogP contribution in [0.2, 0.25) is 0 Å². The second-order valence-electron chi connectivity index (χ2n) is 8.44. The molecule has 0 spiro atoms. The first-order valence-corrected chi connectivity index (χ1v) is 12.6. The second kappa shape index (κ2) is 9.67. The van der Waals surface area contributed by atoms with Gasteiger partial charge in [0.05, 0.1) is 10.6 Å². The molecule has 0 atom stereocenters. The van der Waals surface area contributed by atoms with Gasteiger partial charge in [-0.15, -0.1) is 0 Å². The SMILES string of the molecule is Cc1ccc(S(=O)(=O)Nc2cccc(C(=O)NCc3ccc(N4CCCC4)cc3)c2C)cc1. The van der Waals surface area contributed by atoms with Crippen LogP contribution in [0.1, 0.15) is 39.9 Å². The van der Waals surface area contributed by atoms with Crippen molar-refractivity contribution in [1.82, 2.24) is 5.32 Å². The summed E-state index contributed by atoms with van der Waals surface area (Å²) in [6.07, 6.45) is 2.47. The summed E-state index contributed by atoms with van der Waals surface area (Å²) in [7, 11) is -3.75. The molecule has 0 unspecified atom stereocenters. The summed E-state index contributed by atoms with van der Waals surface area (Å²) in [6.45, 7) is 6.24. The maximum atomic E-state index is 12.8. The number of carbonyl (C=O) groups excluding carboxylic acids is 1. The zero-order chi connectivity index (χ0) is 23.4. The smallest absolute Gasteiger partial charge is 0.261 e. The van der Waals surface area contributed by atoms with E-state index >= 15 is 0 Å². The zero-order valence-electron chi connectivity index (χ0n) is 19.0. The molecule has 6 nitrogen and oxygen atoms in total. The minimum Gasteiger partial charge on any atom is -0.372 e. The maximum absolute atomic E-state index is 12.8. The molecule has 1 fully saturated rings. The predicted octanol–water partition coefficient (Wildman–Crippen LogP) is 4.63. The molecule has 1 aliphatic rings. The van der Waals surface area contributed by atoms with E-state index in [2.05, 4.69) is 27.1 Å².